The second-order valence-electron chi connectivity index (χ2n) is 3.82. The fraction of sp³-hybridized carbons (Fsp3) is 0.500. The number of nitrogens with zero attached hydrogens (tertiary/aromatic N) is 1. The maximum absolute atomic E-state index is 11.4. The smallest absolute Gasteiger partial charge is 0.267 e. The second kappa shape index (κ2) is 2.91. The average molecular weight is 178 g/mol. The maximum Gasteiger partial charge on any atom is 0.267 e. The monoisotopic (exact) mass is 178 g/mol. The quantitative estimate of drug-likeness (QED) is 0.693. The SMILES string of the molecule is CC(C)C1CNC(=O)c2cccn21. The zero-order valence-corrected chi connectivity index (χ0v) is 7.95. The summed E-state index contributed by atoms with van der Waals surface area (Å²) in [5, 5.41) is 2.90. The molecule has 1 amide bonds. The van der Waals surface area contributed by atoms with Crippen LogP contribution < -0.4 is 5.32 Å². The summed E-state index contributed by atoms with van der Waals surface area (Å²) in [6.45, 7) is 5.09. The summed E-state index contributed by atoms with van der Waals surface area (Å²) in [6.07, 6.45) is 1.98. The molecule has 0 saturated heterocycles. The zero-order valence-electron chi connectivity index (χ0n) is 7.95. The van der Waals surface area contributed by atoms with Gasteiger partial charge in [0.2, 0.25) is 0 Å². The van der Waals surface area contributed by atoms with E-state index in [-0.39, 0.29) is 5.91 Å². The first-order valence-corrected chi connectivity index (χ1v) is 4.65. The third kappa shape index (κ3) is 1.24. The topological polar surface area (TPSA) is 34.0 Å². The first-order chi connectivity index (χ1) is 6.20. The molecule has 70 valence electrons. The van der Waals surface area contributed by atoms with Gasteiger partial charge in [-0.3, -0.25) is 4.79 Å². The van der Waals surface area contributed by atoms with Gasteiger partial charge in [-0.15, -0.1) is 0 Å². The van der Waals surface area contributed by atoms with Gasteiger partial charge >= 0.3 is 0 Å². The first kappa shape index (κ1) is 8.35. The summed E-state index contributed by atoms with van der Waals surface area (Å²) >= 11 is 0. The molecule has 0 fully saturated rings. The Bertz CT molecular complexity index is 327. The van der Waals surface area contributed by atoms with Crippen LogP contribution in [0.4, 0.5) is 0 Å². The Kier molecular flexibility index (Phi) is 1.87. The second-order valence-corrected chi connectivity index (χ2v) is 3.82. The molecule has 1 N–H and O–H groups in total. The number of carbonyl (C=O) groups is 1. The number of aromatic nitrogens is 1. The Morgan fingerprint density at radius 2 is 2.38 bits per heavy atom. The van der Waals surface area contributed by atoms with E-state index < -0.39 is 0 Å². The van der Waals surface area contributed by atoms with Crippen molar-refractivity contribution < 1.29 is 4.79 Å². The number of hydrogen-bond donors (Lipinski definition) is 1. The largest absolute Gasteiger partial charge is 0.349 e. The molecule has 0 radical (unpaired) electrons. The van der Waals surface area contributed by atoms with E-state index in [1.54, 1.807) is 0 Å². The van der Waals surface area contributed by atoms with Crippen LogP contribution in [0, 0.1) is 5.92 Å². The predicted molar refractivity (Wildman–Crippen MR) is 50.6 cm³/mol. The lowest BCUT2D eigenvalue weighted by atomic mass is 10.0. The molecular weight excluding hydrogens is 164 g/mol. The number of carbonyl (C=O) groups excluding carboxylic acids is 1. The minimum absolute atomic E-state index is 0.0434. The molecule has 0 bridgehead atoms. The molecule has 3 nitrogen and oxygen atoms in total. The summed E-state index contributed by atoms with van der Waals surface area (Å²) < 4.78 is 2.07. The molecule has 1 atom stereocenters. The van der Waals surface area contributed by atoms with E-state index in [1.807, 2.05) is 18.3 Å². The number of fused-ring (bicyclic) bond motifs is 1. The van der Waals surface area contributed by atoms with Gasteiger partial charge in [-0.1, -0.05) is 13.8 Å². The van der Waals surface area contributed by atoms with Crippen LogP contribution in [0.15, 0.2) is 18.3 Å². The Morgan fingerprint density at radius 1 is 1.62 bits per heavy atom. The van der Waals surface area contributed by atoms with E-state index in [0.717, 1.165) is 12.2 Å². The van der Waals surface area contributed by atoms with Gasteiger partial charge in [-0.2, -0.15) is 0 Å². The van der Waals surface area contributed by atoms with Crippen LogP contribution in [0.1, 0.15) is 30.4 Å². The van der Waals surface area contributed by atoms with Gasteiger partial charge in [-0.25, -0.2) is 0 Å². The highest BCUT2D eigenvalue weighted by Gasteiger charge is 2.25. The third-order valence-corrected chi connectivity index (χ3v) is 2.61. The lowest BCUT2D eigenvalue weighted by molar-refractivity contribution is 0.0905. The van der Waals surface area contributed by atoms with Gasteiger partial charge in [0.1, 0.15) is 5.69 Å². The van der Waals surface area contributed by atoms with Crippen molar-refractivity contribution >= 4 is 5.91 Å². The van der Waals surface area contributed by atoms with Crippen molar-refractivity contribution in [2.75, 3.05) is 6.54 Å². The molecule has 0 aliphatic carbocycles. The molecule has 0 spiro atoms. The van der Waals surface area contributed by atoms with Gasteiger partial charge in [0, 0.05) is 12.7 Å². The normalized spacial score (nSPS) is 21.5. The van der Waals surface area contributed by atoms with E-state index in [9.17, 15) is 4.79 Å². The van der Waals surface area contributed by atoms with Crippen molar-refractivity contribution in [2.24, 2.45) is 5.92 Å². The highest BCUT2D eigenvalue weighted by Crippen LogP contribution is 2.22. The van der Waals surface area contributed by atoms with Crippen LogP contribution in [0.2, 0.25) is 0 Å². The lowest BCUT2D eigenvalue weighted by Crippen LogP contribution is -2.40. The standard InChI is InChI=1S/C10H14N2O/c1-7(2)9-6-11-10(13)8-4-3-5-12(8)9/h3-5,7,9H,6H2,1-2H3,(H,11,13). The van der Waals surface area contributed by atoms with E-state index in [2.05, 4.69) is 23.7 Å². The van der Waals surface area contributed by atoms with Crippen LogP contribution in [0.5, 0.6) is 0 Å². The predicted octanol–water partition coefficient (Wildman–Crippen LogP) is 1.43. The van der Waals surface area contributed by atoms with E-state index >= 15 is 0 Å². The van der Waals surface area contributed by atoms with Gasteiger partial charge in [0.05, 0.1) is 6.04 Å². The fourth-order valence-electron chi connectivity index (χ4n) is 1.82. The lowest BCUT2D eigenvalue weighted by Gasteiger charge is -2.29. The molecule has 1 aliphatic rings. The molecule has 1 aromatic rings. The summed E-state index contributed by atoms with van der Waals surface area (Å²) in [6, 6.07) is 4.20. The van der Waals surface area contributed by atoms with Crippen molar-refractivity contribution in [3.8, 4) is 0 Å². The maximum atomic E-state index is 11.4. The van der Waals surface area contributed by atoms with E-state index in [0.29, 0.717) is 12.0 Å². The van der Waals surface area contributed by atoms with Gasteiger partial charge in [0.15, 0.2) is 0 Å². The van der Waals surface area contributed by atoms with Crippen molar-refractivity contribution in [3.05, 3.63) is 24.0 Å². The molecule has 3 heteroatoms. The molecular formula is C10H14N2O. The van der Waals surface area contributed by atoms with Gasteiger partial charge in [0.25, 0.3) is 5.91 Å². The summed E-state index contributed by atoms with van der Waals surface area (Å²) in [5.41, 5.74) is 0.782. The number of amides is 1. The molecule has 0 aromatic carbocycles. The number of rotatable bonds is 1. The first-order valence-electron chi connectivity index (χ1n) is 4.65. The molecule has 0 saturated carbocycles. The molecule has 2 heterocycles. The molecule has 13 heavy (non-hydrogen) atoms. The summed E-state index contributed by atoms with van der Waals surface area (Å²) in [5.74, 6) is 0.591. The molecule has 1 aliphatic heterocycles. The van der Waals surface area contributed by atoms with Gasteiger partial charge in [-0.05, 0) is 18.1 Å². The van der Waals surface area contributed by atoms with Crippen LogP contribution in [0.3, 0.4) is 0 Å². The van der Waals surface area contributed by atoms with Crippen molar-refractivity contribution in [1.29, 1.82) is 0 Å². The highest BCUT2D eigenvalue weighted by atomic mass is 16.2. The average Bonchev–Trinajstić information content (AvgIpc) is 2.53. The van der Waals surface area contributed by atoms with Crippen molar-refractivity contribution in [2.45, 2.75) is 19.9 Å². The minimum Gasteiger partial charge on any atom is -0.349 e. The van der Waals surface area contributed by atoms with Crippen LogP contribution in [-0.2, 0) is 0 Å². The summed E-state index contributed by atoms with van der Waals surface area (Å²) in [7, 11) is 0. The Balaban J connectivity index is 2.41. The third-order valence-electron chi connectivity index (χ3n) is 2.61. The van der Waals surface area contributed by atoms with Crippen LogP contribution in [0.25, 0.3) is 0 Å². The number of nitrogens with one attached hydrogen (secondary N) is 1. The van der Waals surface area contributed by atoms with Crippen molar-refractivity contribution in [1.82, 2.24) is 9.88 Å². The molecule has 1 unspecified atom stereocenters. The Labute approximate surface area is 77.7 Å². The van der Waals surface area contributed by atoms with E-state index in [4.69, 9.17) is 0 Å². The Morgan fingerprint density at radius 3 is 3.08 bits per heavy atom. The van der Waals surface area contributed by atoms with Gasteiger partial charge < -0.3 is 9.88 Å². The minimum atomic E-state index is 0.0434. The summed E-state index contributed by atoms with van der Waals surface area (Å²) in [4.78, 5) is 11.4. The molecule has 1 aromatic heterocycles. The fourth-order valence-corrected chi connectivity index (χ4v) is 1.82. The highest BCUT2D eigenvalue weighted by molar-refractivity contribution is 5.93. The Hall–Kier alpha value is -1.25. The van der Waals surface area contributed by atoms with Crippen LogP contribution in [-0.4, -0.2) is 17.0 Å². The van der Waals surface area contributed by atoms with Crippen LogP contribution >= 0.6 is 0 Å². The zero-order chi connectivity index (χ0) is 9.42. The molecule has 2 rings (SSSR count). The van der Waals surface area contributed by atoms with E-state index in [1.165, 1.54) is 0 Å². The number of hydrogen-bond acceptors (Lipinski definition) is 1. The van der Waals surface area contributed by atoms with Crippen molar-refractivity contribution in [3.63, 3.8) is 0 Å².